The van der Waals surface area contributed by atoms with Crippen LogP contribution in [0.4, 0.5) is 18.9 Å². The quantitative estimate of drug-likeness (QED) is 0.796. The van der Waals surface area contributed by atoms with E-state index >= 15 is 0 Å². The lowest BCUT2D eigenvalue weighted by Crippen LogP contribution is -2.21. The highest BCUT2D eigenvalue weighted by atomic mass is 19.4. The number of alkyl halides is 3. The van der Waals surface area contributed by atoms with E-state index in [4.69, 9.17) is 0 Å². The van der Waals surface area contributed by atoms with Crippen molar-refractivity contribution >= 4 is 11.6 Å². The first-order valence-corrected chi connectivity index (χ1v) is 7.60. The Labute approximate surface area is 138 Å². The van der Waals surface area contributed by atoms with Crippen molar-refractivity contribution in [3.8, 4) is 5.75 Å². The summed E-state index contributed by atoms with van der Waals surface area (Å²) in [6.45, 7) is 1.99. The summed E-state index contributed by atoms with van der Waals surface area (Å²) in [6, 6.07) is 14.5. The van der Waals surface area contributed by atoms with Crippen LogP contribution in [-0.2, 0) is 4.79 Å². The standard InChI is InChI=1S/C18H18F3NO2/c1-2-6-16(13-7-4-3-5-8-13)17(23)22-14-9-11-15(12-10-14)24-18(19,20)21/h3-5,7-12,16H,2,6H2,1H3,(H,22,23). The fourth-order valence-corrected chi connectivity index (χ4v) is 2.39. The van der Waals surface area contributed by atoms with E-state index in [0.717, 1.165) is 12.0 Å². The van der Waals surface area contributed by atoms with Gasteiger partial charge in [0, 0.05) is 5.69 Å². The lowest BCUT2D eigenvalue weighted by atomic mass is 9.93. The van der Waals surface area contributed by atoms with Crippen molar-refractivity contribution in [3.63, 3.8) is 0 Å². The van der Waals surface area contributed by atoms with Crippen LogP contribution in [0.1, 0.15) is 31.2 Å². The number of halogens is 3. The Bertz CT molecular complexity index is 654. The van der Waals surface area contributed by atoms with Crippen molar-refractivity contribution in [1.29, 1.82) is 0 Å². The average molecular weight is 337 g/mol. The third-order valence-corrected chi connectivity index (χ3v) is 3.45. The molecule has 0 aliphatic heterocycles. The fourth-order valence-electron chi connectivity index (χ4n) is 2.39. The van der Waals surface area contributed by atoms with Gasteiger partial charge < -0.3 is 10.1 Å². The largest absolute Gasteiger partial charge is 0.573 e. The van der Waals surface area contributed by atoms with Crippen LogP contribution >= 0.6 is 0 Å². The highest BCUT2D eigenvalue weighted by Gasteiger charge is 2.31. The summed E-state index contributed by atoms with van der Waals surface area (Å²) in [5.74, 6) is -0.816. The third-order valence-electron chi connectivity index (χ3n) is 3.45. The van der Waals surface area contributed by atoms with E-state index in [2.05, 4.69) is 10.1 Å². The minimum absolute atomic E-state index is 0.187. The van der Waals surface area contributed by atoms with E-state index in [-0.39, 0.29) is 17.6 Å². The van der Waals surface area contributed by atoms with Gasteiger partial charge in [-0.3, -0.25) is 4.79 Å². The second kappa shape index (κ2) is 7.86. The van der Waals surface area contributed by atoms with E-state index in [0.29, 0.717) is 12.1 Å². The second-order valence-electron chi connectivity index (χ2n) is 5.31. The second-order valence-corrected chi connectivity index (χ2v) is 5.31. The molecular formula is C18H18F3NO2. The highest BCUT2D eigenvalue weighted by Crippen LogP contribution is 2.26. The maximum atomic E-state index is 12.5. The van der Waals surface area contributed by atoms with Crippen LogP contribution in [0.25, 0.3) is 0 Å². The zero-order valence-electron chi connectivity index (χ0n) is 13.1. The van der Waals surface area contributed by atoms with Gasteiger partial charge in [-0.05, 0) is 36.2 Å². The maximum absolute atomic E-state index is 12.5. The molecule has 0 aromatic heterocycles. The lowest BCUT2D eigenvalue weighted by molar-refractivity contribution is -0.274. The lowest BCUT2D eigenvalue weighted by Gasteiger charge is -2.17. The van der Waals surface area contributed by atoms with Gasteiger partial charge in [0.05, 0.1) is 5.92 Å². The minimum Gasteiger partial charge on any atom is -0.406 e. The van der Waals surface area contributed by atoms with Gasteiger partial charge >= 0.3 is 6.36 Å². The van der Waals surface area contributed by atoms with Crippen LogP contribution in [0.2, 0.25) is 0 Å². The summed E-state index contributed by atoms with van der Waals surface area (Å²) in [5, 5.41) is 2.74. The van der Waals surface area contributed by atoms with Crippen LogP contribution in [0.5, 0.6) is 5.75 Å². The molecule has 1 unspecified atom stereocenters. The predicted octanol–water partition coefficient (Wildman–Crippen LogP) is 5.11. The minimum atomic E-state index is -4.73. The van der Waals surface area contributed by atoms with Gasteiger partial charge in [-0.1, -0.05) is 43.7 Å². The number of nitrogens with one attached hydrogen (secondary N) is 1. The molecule has 1 atom stereocenters. The monoisotopic (exact) mass is 337 g/mol. The van der Waals surface area contributed by atoms with Gasteiger partial charge in [-0.15, -0.1) is 13.2 Å². The fraction of sp³-hybridized carbons (Fsp3) is 0.278. The zero-order valence-corrected chi connectivity index (χ0v) is 13.1. The third kappa shape index (κ3) is 5.30. The Morgan fingerprint density at radius 2 is 1.71 bits per heavy atom. The van der Waals surface area contributed by atoms with Gasteiger partial charge in [0.2, 0.25) is 5.91 Å². The molecule has 0 saturated carbocycles. The highest BCUT2D eigenvalue weighted by molar-refractivity contribution is 5.95. The van der Waals surface area contributed by atoms with Gasteiger partial charge in [0.25, 0.3) is 0 Å². The summed E-state index contributed by atoms with van der Waals surface area (Å²) < 4.78 is 40.2. The van der Waals surface area contributed by atoms with Crippen molar-refractivity contribution < 1.29 is 22.7 Å². The Balaban J connectivity index is 2.07. The molecule has 0 saturated heterocycles. The molecule has 24 heavy (non-hydrogen) atoms. The van der Waals surface area contributed by atoms with Crippen molar-refractivity contribution in [2.24, 2.45) is 0 Å². The summed E-state index contributed by atoms with van der Waals surface area (Å²) in [4.78, 5) is 12.5. The number of carbonyl (C=O) groups excluding carboxylic acids is 1. The molecule has 0 spiro atoms. The summed E-state index contributed by atoms with van der Waals surface area (Å²) in [7, 11) is 0. The van der Waals surface area contributed by atoms with Crippen molar-refractivity contribution in [3.05, 3.63) is 60.2 Å². The first-order chi connectivity index (χ1) is 11.4. The molecule has 2 aromatic carbocycles. The number of hydrogen-bond donors (Lipinski definition) is 1. The van der Waals surface area contributed by atoms with Crippen molar-refractivity contribution in [2.45, 2.75) is 32.0 Å². The topological polar surface area (TPSA) is 38.3 Å². The molecule has 0 heterocycles. The van der Waals surface area contributed by atoms with E-state index < -0.39 is 6.36 Å². The number of ether oxygens (including phenoxy) is 1. The summed E-state index contributed by atoms with van der Waals surface area (Å²) in [5.41, 5.74) is 1.33. The normalized spacial score (nSPS) is 12.5. The summed E-state index contributed by atoms with van der Waals surface area (Å²) >= 11 is 0. The van der Waals surface area contributed by atoms with Crippen molar-refractivity contribution in [2.75, 3.05) is 5.32 Å². The molecule has 1 amide bonds. The molecule has 6 heteroatoms. The zero-order chi connectivity index (χ0) is 17.6. The van der Waals surface area contributed by atoms with Crippen LogP contribution in [0.15, 0.2) is 54.6 Å². The smallest absolute Gasteiger partial charge is 0.406 e. The molecule has 2 aromatic rings. The molecular weight excluding hydrogens is 319 g/mol. The number of carbonyl (C=O) groups is 1. The molecule has 0 radical (unpaired) electrons. The summed E-state index contributed by atoms with van der Waals surface area (Å²) in [6.07, 6.45) is -3.21. The molecule has 2 rings (SSSR count). The molecule has 0 bridgehead atoms. The first kappa shape index (κ1) is 17.8. The van der Waals surface area contributed by atoms with Gasteiger partial charge in [0.15, 0.2) is 0 Å². The molecule has 1 N–H and O–H groups in total. The van der Waals surface area contributed by atoms with E-state index in [1.165, 1.54) is 24.3 Å². The number of amides is 1. The average Bonchev–Trinajstić information content (AvgIpc) is 2.54. The van der Waals surface area contributed by atoms with Crippen LogP contribution in [0, 0.1) is 0 Å². The van der Waals surface area contributed by atoms with Gasteiger partial charge in [0.1, 0.15) is 5.75 Å². The molecule has 3 nitrogen and oxygen atoms in total. The Kier molecular flexibility index (Phi) is 5.84. The number of hydrogen-bond acceptors (Lipinski definition) is 2. The first-order valence-electron chi connectivity index (χ1n) is 7.60. The van der Waals surface area contributed by atoms with Gasteiger partial charge in [-0.25, -0.2) is 0 Å². The van der Waals surface area contributed by atoms with Crippen LogP contribution in [-0.4, -0.2) is 12.3 Å². The molecule has 0 aliphatic rings. The number of anilines is 1. The Morgan fingerprint density at radius 3 is 2.25 bits per heavy atom. The predicted molar refractivity (Wildman–Crippen MR) is 85.8 cm³/mol. The number of benzene rings is 2. The van der Waals surface area contributed by atoms with E-state index in [1.807, 2.05) is 37.3 Å². The van der Waals surface area contributed by atoms with Crippen molar-refractivity contribution in [1.82, 2.24) is 0 Å². The van der Waals surface area contributed by atoms with Crippen LogP contribution < -0.4 is 10.1 Å². The van der Waals surface area contributed by atoms with Crippen LogP contribution in [0.3, 0.4) is 0 Å². The number of rotatable bonds is 6. The molecule has 0 fully saturated rings. The maximum Gasteiger partial charge on any atom is 0.573 e. The van der Waals surface area contributed by atoms with Gasteiger partial charge in [-0.2, -0.15) is 0 Å². The Morgan fingerprint density at radius 1 is 1.08 bits per heavy atom. The molecule has 0 aliphatic carbocycles. The SMILES string of the molecule is CCCC(C(=O)Nc1ccc(OC(F)(F)F)cc1)c1ccccc1. The van der Waals surface area contributed by atoms with E-state index in [1.54, 1.807) is 0 Å². The van der Waals surface area contributed by atoms with E-state index in [9.17, 15) is 18.0 Å². The molecule has 128 valence electrons. The Hall–Kier alpha value is -2.50.